The number of rotatable bonds is 6. The Hall–Kier alpha value is -1.40. The lowest BCUT2D eigenvalue weighted by Crippen LogP contribution is -2.19. The zero-order valence-electron chi connectivity index (χ0n) is 9.70. The SMILES string of the molecule is COCCOCC(=O)Nc1onc(C)c1C. The maximum atomic E-state index is 11.4. The summed E-state index contributed by atoms with van der Waals surface area (Å²) in [6, 6.07) is 0. The van der Waals surface area contributed by atoms with Gasteiger partial charge in [0.25, 0.3) is 5.91 Å². The molecule has 0 bridgehead atoms. The topological polar surface area (TPSA) is 73.6 Å². The second kappa shape index (κ2) is 6.24. The Morgan fingerprint density at radius 1 is 1.44 bits per heavy atom. The van der Waals surface area contributed by atoms with Crippen molar-refractivity contribution < 1.29 is 18.8 Å². The zero-order valence-corrected chi connectivity index (χ0v) is 9.70. The lowest BCUT2D eigenvalue weighted by Gasteiger charge is -2.03. The first-order chi connectivity index (χ1) is 7.65. The molecule has 1 N–H and O–H groups in total. The number of carbonyl (C=O) groups excluding carboxylic acids is 1. The lowest BCUT2D eigenvalue weighted by atomic mass is 10.3. The summed E-state index contributed by atoms with van der Waals surface area (Å²) in [5.74, 6) is 0.105. The van der Waals surface area contributed by atoms with E-state index < -0.39 is 0 Å². The summed E-state index contributed by atoms with van der Waals surface area (Å²) in [6.45, 7) is 4.46. The van der Waals surface area contributed by atoms with Crippen LogP contribution < -0.4 is 5.32 Å². The number of amides is 1. The number of aryl methyl sites for hydroxylation is 1. The van der Waals surface area contributed by atoms with Crippen molar-refractivity contribution in [3.8, 4) is 0 Å². The van der Waals surface area contributed by atoms with Gasteiger partial charge in [0.1, 0.15) is 6.61 Å². The fourth-order valence-corrected chi connectivity index (χ4v) is 1.00. The predicted octanol–water partition coefficient (Wildman–Crippen LogP) is 0.893. The van der Waals surface area contributed by atoms with E-state index in [4.69, 9.17) is 14.0 Å². The molecule has 0 fully saturated rings. The van der Waals surface area contributed by atoms with Crippen molar-refractivity contribution in [2.24, 2.45) is 0 Å². The van der Waals surface area contributed by atoms with Gasteiger partial charge in [0.05, 0.1) is 18.9 Å². The number of nitrogens with zero attached hydrogens (tertiary/aromatic N) is 1. The highest BCUT2D eigenvalue weighted by atomic mass is 16.5. The van der Waals surface area contributed by atoms with Gasteiger partial charge in [0.2, 0.25) is 5.88 Å². The molecule has 0 aliphatic carbocycles. The van der Waals surface area contributed by atoms with Crippen LogP contribution >= 0.6 is 0 Å². The average Bonchev–Trinajstić information content (AvgIpc) is 2.56. The van der Waals surface area contributed by atoms with E-state index in [1.807, 2.05) is 13.8 Å². The summed E-state index contributed by atoms with van der Waals surface area (Å²) in [5.41, 5.74) is 1.58. The predicted molar refractivity (Wildman–Crippen MR) is 57.3 cm³/mol. The van der Waals surface area contributed by atoms with Crippen LogP contribution in [0.15, 0.2) is 4.52 Å². The van der Waals surface area contributed by atoms with Crippen molar-refractivity contribution in [3.63, 3.8) is 0 Å². The summed E-state index contributed by atoms with van der Waals surface area (Å²) < 4.78 is 14.8. The minimum absolute atomic E-state index is 0.0253. The Labute approximate surface area is 93.9 Å². The molecular formula is C10H16N2O4. The maximum Gasteiger partial charge on any atom is 0.252 e. The molecule has 0 aromatic carbocycles. The Kier molecular flexibility index (Phi) is 4.94. The van der Waals surface area contributed by atoms with E-state index in [0.717, 1.165) is 11.3 Å². The molecule has 90 valence electrons. The van der Waals surface area contributed by atoms with Gasteiger partial charge in [-0.15, -0.1) is 0 Å². The fraction of sp³-hybridized carbons (Fsp3) is 0.600. The van der Waals surface area contributed by atoms with Crippen LogP contribution in [0.25, 0.3) is 0 Å². The van der Waals surface area contributed by atoms with Gasteiger partial charge < -0.3 is 14.0 Å². The highest BCUT2D eigenvalue weighted by Crippen LogP contribution is 2.16. The Morgan fingerprint density at radius 3 is 2.75 bits per heavy atom. The van der Waals surface area contributed by atoms with Crippen LogP contribution in [0, 0.1) is 13.8 Å². The summed E-state index contributed by atoms with van der Waals surface area (Å²) >= 11 is 0. The standard InChI is InChI=1S/C10H16N2O4/c1-7-8(2)12-16-10(7)11-9(13)6-15-5-4-14-3/h4-6H2,1-3H3,(H,11,13). The number of nitrogens with one attached hydrogen (secondary N) is 1. The molecule has 0 aliphatic heterocycles. The van der Waals surface area contributed by atoms with E-state index in [0.29, 0.717) is 19.1 Å². The van der Waals surface area contributed by atoms with E-state index in [1.165, 1.54) is 0 Å². The molecule has 1 rings (SSSR count). The number of hydrogen-bond acceptors (Lipinski definition) is 5. The number of aromatic nitrogens is 1. The van der Waals surface area contributed by atoms with Gasteiger partial charge in [-0.25, -0.2) is 0 Å². The number of methoxy groups -OCH3 is 1. The molecule has 1 heterocycles. The van der Waals surface area contributed by atoms with Crippen LogP contribution in [0.1, 0.15) is 11.3 Å². The highest BCUT2D eigenvalue weighted by Gasteiger charge is 2.11. The Bertz CT molecular complexity index is 349. The highest BCUT2D eigenvalue weighted by molar-refractivity contribution is 5.91. The average molecular weight is 228 g/mol. The van der Waals surface area contributed by atoms with E-state index in [9.17, 15) is 4.79 Å². The minimum atomic E-state index is -0.268. The van der Waals surface area contributed by atoms with Crippen molar-refractivity contribution in [1.29, 1.82) is 0 Å². The maximum absolute atomic E-state index is 11.4. The Balaban J connectivity index is 2.31. The summed E-state index contributed by atoms with van der Waals surface area (Å²) in [5, 5.41) is 6.30. The third-order valence-corrected chi connectivity index (χ3v) is 2.08. The first kappa shape index (κ1) is 12.7. The summed E-state index contributed by atoms with van der Waals surface area (Å²) in [4.78, 5) is 11.4. The van der Waals surface area contributed by atoms with Gasteiger partial charge in [-0.05, 0) is 13.8 Å². The fourth-order valence-electron chi connectivity index (χ4n) is 1.00. The lowest BCUT2D eigenvalue weighted by molar-refractivity contribution is -0.121. The second-order valence-corrected chi connectivity index (χ2v) is 3.32. The molecule has 6 nitrogen and oxygen atoms in total. The van der Waals surface area contributed by atoms with E-state index >= 15 is 0 Å². The van der Waals surface area contributed by atoms with Crippen LogP contribution in [0.4, 0.5) is 5.88 Å². The number of anilines is 1. The third-order valence-electron chi connectivity index (χ3n) is 2.08. The molecule has 16 heavy (non-hydrogen) atoms. The molecule has 0 aliphatic rings. The molecule has 0 saturated carbocycles. The van der Waals surface area contributed by atoms with Crippen molar-refractivity contribution >= 4 is 11.8 Å². The van der Waals surface area contributed by atoms with Crippen molar-refractivity contribution in [2.75, 3.05) is 32.2 Å². The molecule has 0 spiro atoms. The van der Waals surface area contributed by atoms with E-state index in [1.54, 1.807) is 7.11 Å². The first-order valence-corrected chi connectivity index (χ1v) is 4.94. The van der Waals surface area contributed by atoms with Crippen molar-refractivity contribution in [3.05, 3.63) is 11.3 Å². The van der Waals surface area contributed by atoms with Gasteiger partial charge in [0.15, 0.2) is 0 Å². The molecule has 1 amide bonds. The number of ether oxygens (including phenoxy) is 2. The molecule has 6 heteroatoms. The van der Waals surface area contributed by atoms with E-state index in [2.05, 4.69) is 10.5 Å². The minimum Gasteiger partial charge on any atom is -0.382 e. The van der Waals surface area contributed by atoms with Crippen LogP contribution in [0.2, 0.25) is 0 Å². The molecule has 0 atom stereocenters. The van der Waals surface area contributed by atoms with Crippen LogP contribution in [0.5, 0.6) is 0 Å². The molecular weight excluding hydrogens is 212 g/mol. The first-order valence-electron chi connectivity index (χ1n) is 4.94. The van der Waals surface area contributed by atoms with Gasteiger partial charge in [0, 0.05) is 12.7 Å². The smallest absolute Gasteiger partial charge is 0.252 e. The number of hydrogen-bond donors (Lipinski definition) is 1. The summed E-state index contributed by atoms with van der Waals surface area (Å²) in [7, 11) is 1.57. The van der Waals surface area contributed by atoms with E-state index in [-0.39, 0.29) is 12.5 Å². The second-order valence-electron chi connectivity index (χ2n) is 3.32. The van der Waals surface area contributed by atoms with Gasteiger partial charge >= 0.3 is 0 Å². The Morgan fingerprint density at radius 2 is 2.19 bits per heavy atom. The van der Waals surface area contributed by atoms with Crippen LogP contribution in [0.3, 0.4) is 0 Å². The molecule has 0 radical (unpaired) electrons. The van der Waals surface area contributed by atoms with Gasteiger partial charge in [-0.2, -0.15) is 0 Å². The van der Waals surface area contributed by atoms with Crippen molar-refractivity contribution in [2.45, 2.75) is 13.8 Å². The quantitative estimate of drug-likeness (QED) is 0.732. The monoisotopic (exact) mass is 228 g/mol. The van der Waals surface area contributed by atoms with Crippen LogP contribution in [-0.4, -0.2) is 38.0 Å². The molecule has 1 aromatic rings. The normalized spacial score (nSPS) is 10.4. The largest absolute Gasteiger partial charge is 0.382 e. The molecule has 0 saturated heterocycles. The van der Waals surface area contributed by atoms with Crippen LogP contribution in [-0.2, 0) is 14.3 Å². The van der Waals surface area contributed by atoms with Gasteiger partial charge in [-0.3, -0.25) is 10.1 Å². The van der Waals surface area contributed by atoms with Crippen molar-refractivity contribution in [1.82, 2.24) is 5.16 Å². The van der Waals surface area contributed by atoms with Gasteiger partial charge in [-0.1, -0.05) is 5.16 Å². The molecule has 0 unspecified atom stereocenters. The number of carbonyl (C=O) groups is 1. The zero-order chi connectivity index (χ0) is 12.0. The third kappa shape index (κ3) is 3.63. The molecule has 1 aromatic heterocycles. The summed E-state index contributed by atoms with van der Waals surface area (Å²) in [6.07, 6.45) is 0.